The Balaban J connectivity index is 1.48. The summed E-state index contributed by atoms with van der Waals surface area (Å²) in [6.07, 6.45) is 11.1. The monoisotopic (exact) mass is 345 g/mol. The lowest BCUT2D eigenvalue weighted by atomic mass is 9.84. The predicted molar refractivity (Wildman–Crippen MR) is 98.7 cm³/mol. The Kier molecular flexibility index (Phi) is 4.72. The van der Waals surface area contributed by atoms with Crippen molar-refractivity contribution in [1.29, 1.82) is 0 Å². The van der Waals surface area contributed by atoms with Gasteiger partial charge in [0.1, 0.15) is 0 Å². The molecular formula is C19H27N3OS. The first-order chi connectivity index (χ1) is 11.7. The second kappa shape index (κ2) is 6.96. The van der Waals surface area contributed by atoms with Gasteiger partial charge in [-0.25, -0.2) is 4.98 Å². The molecule has 1 saturated carbocycles. The van der Waals surface area contributed by atoms with Crippen molar-refractivity contribution in [2.75, 3.05) is 6.54 Å². The van der Waals surface area contributed by atoms with E-state index >= 15 is 0 Å². The Bertz CT molecular complexity index is 760. The Morgan fingerprint density at radius 1 is 1.21 bits per heavy atom. The maximum Gasteiger partial charge on any atom is 0.259 e. The maximum absolute atomic E-state index is 12.4. The van der Waals surface area contributed by atoms with Crippen LogP contribution in [0.5, 0.6) is 0 Å². The van der Waals surface area contributed by atoms with Crippen molar-refractivity contribution in [1.82, 2.24) is 14.3 Å². The van der Waals surface area contributed by atoms with Crippen LogP contribution in [0.2, 0.25) is 0 Å². The molecule has 2 fully saturated rings. The van der Waals surface area contributed by atoms with Gasteiger partial charge in [0.05, 0.1) is 5.69 Å². The van der Waals surface area contributed by atoms with E-state index in [1.165, 1.54) is 51.4 Å². The second-order valence-corrected chi connectivity index (χ2v) is 8.42. The van der Waals surface area contributed by atoms with E-state index in [1.54, 1.807) is 21.8 Å². The van der Waals surface area contributed by atoms with Crippen LogP contribution >= 0.6 is 11.3 Å². The van der Waals surface area contributed by atoms with Gasteiger partial charge in [0.15, 0.2) is 4.96 Å². The standard InChI is InChI=1S/C19H27N3OS/c1-14-13-24-19-20-16(11-18(23)22(14)19)12-21-9-5-8-17(21)10-15-6-3-2-4-7-15/h11,13,15,17H,2-10,12H2,1H3. The average molecular weight is 346 g/mol. The van der Waals surface area contributed by atoms with Crippen LogP contribution < -0.4 is 5.56 Å². The molecule has 2 aliphatic rings. The lowest BCUT2D eigenvalue weighted by molar-refractivity contribution is 0.190. The first kappa shape index (κ1) is 16.3. The van der Waals surface area contributed by atoms with Crippen LogP contribution in [0.15, 0.2) is 16.2 Å². The first-order valence-electron chi connectivity index (χ1n) is 9.41. The molecule has 4 nitrogen and oxygen atoms in total. The Labute approximate surface area is 147 Å². The smallest absolute Gasteiger partial charge is 0.259 e. The molecule has 1 saturated heterocycles. The van der Waals surface area contributed by atoms with E-state index < -0.39 is 0 Å². The molecule has 1 aliphatic heterocycles. The fourth-order valence-corrected chi connectivity index (χ4v) is 5.46. The van der Waals surface area contributed by atoms with E-state index in [9.17, 15) is 4.79 Å². The lowest BCUT2D eigenvalue weighted by Gasteiger charge is -2.30. The van der Waals surface area contributed by atoms with Crippen molar-refractivity contribution in [3.63, 3.8) is 0 Å². The average Bonchev–Trinajstić information content (AvgIpc) is 3.16. The number of likely N-dealkylation sites (tertiary alicyclic amines) is 1. The quantitative estimate of drug-likeness (QED) is 0.840. The fourth-order valence-electron chi connectivity index (χ4n) is 4.57. The van der Waals surface area contributed by atoms with E-state index in [2.05, 4.69) is 4.90 Å². The van der Waals surface area contributed by atoms with Gasteiger partial charge < -0.3 is 0 Å². The number of thiazole rings is 1. The summed E-state index contributed by atoms with van der Waals surface area (Å²) in [5.74, 6) is 0.922. The molecule has 24 heavy (non-hydrogen) atoms. The van der Waals surface area contributed by atoms with Gasteiger partial charge in [0.2, 0.25) is 0 Å². The largest absolute Gasteiger partial charge is 0.295 e. The van der Waals surface area contributed by atoms with Crippen LogP contribution in [0, 0.1) is 12.8 Å². The van der Waals surface area contributed by atoms with E-state index in [4.69, 9.17) is 4.98 Å². The molecule has 0 amide bonds. The summed E-state index contributed by atoms with van der Waals surface area (Å²) in [4.78, 5) is 20.5. The zero-order valence-corrected chi connectivity index (χ0v) is 15.4. The topological polar surface area (TPSA) is 37.6 Å². The summed E-state index contributed by atoms with van der Waals surface area (Å²) in [5.41, 5.74) is 1.99. The number of hydrogen-bond acceptors (Lipinski definition) is 4. The molecular weight excluding hydrogens is 318 g/mol. The summed E-state index contributed by atoms with van der Waals surface area (Å²) in [5, 5.41) is 2.01. The van der Waals surface area contributed by atoms with Crippen molar-refractivity contribution in [2.24, 2.45) is 5.92 Å². The van der Waals surface area contributed by atoms with Gasteiger partial charge >= 0.3 is 0 Å². The van der Waals surface area contributed by atoms with Crippen molar-refractivity contribution in [2.45, 2.75) is 70.9 Å². The highest BCUT2D eigenvalue weighted by molar-refractivity contribution is 7.15. The molecule has 1 aliphatic carbocycles. The molecule has 2 aromatic rings. The lowest BCUT2D eigenvalue weighted by Crippen LogP contribution is -2.32. The molecule has 130 valence electrons. The number of aryl methyl sites for hydroxylation is 1. The molecule has 1 atom stereocenters. The second-order valence-electron chi connectivity index (χ2n) is 7.59. The summed E-state index contributed by atoms with van der Waals surface area (Å²) in [7, 11) is 0. The number of rotatable bonds is 4. The summed E-state index contributed by atoms with van der Waals surface area (Å²) in [6, 6.07) is 2.43. The van der Waals surface area contributed by atoms with Gasteiger partial charge in [-0.15, -0.1) is 11.3 Å². The van der Waals surface area contributed by atoms with Crippen molar-refractivity contribution < 1.29 is 0 Å². The van der Waals surface area contributed by atoms with Crippen LogP contribution in [0.3, 0.4) is 0 Å². The molecule has 4 rings (SSSR count). The third-order valence-corrected chi connectivity index (χ3v) is 6.77. The highest BCUT2D eigenvalue weighted by atomic mass is 32.1. The first-order valence-corrected chi connectivity index (χ1v) is 10.3. The molecule has 0 bridgehead atoms. The summed E-state index contributed by atoms with van der Waals surface area (Å²) < 4.78 is 1.72. The highest BCUT2D eigenvalue weighted by Gasteiger charge is 2.28. The van der Waals surface area contributed by atoms with Gasteiger partial charge in [0, 0.05) is 29.7 Å². The number of fused-ring (bicyclic) bond motifs is 1. The number of nitrogens with zero attached hydrogens (tertiary/aromatic N) is 3. The van der Waals surface area contributed by atoms with E-state index in [1.807, 2.05) is 12.3 Å². The van der Waals surface area contributed by atoms with Gasteiger partial charge in [-0.2, -0.15) is 0 Å². The van der Waals surface area contributed by atoms with Gasteiger partial charge in [0.25, 0.3) is 5.56 Å². The van der Waals surface area contributed by atoms with Crippen LogP contribution in [0.1, 0.15) is 62.8 Å². The minimum atomic E-state index is 0.0665. The predicted octanol–water partition coefficient (Wildman–Crippen LogP) is 4.00. The molecule has 3 heterocycles. The van der Waals surface area contributed by atoms with Crippen molar-refractivity contribution >= 4 is 16.3 Å². The van der Waals surface area contributed by atoms with E-state index in [0.29, 0.717) is 6.04 Å². The molecule has 5 heteroatoms. The summed E-state index contributed by atoms with van der Waals surface area (Å²) >= 11 is 1.56. The van der Waals surface area contributed by atoms with Crippen LogP contribution in [0.4, 0.5) is 0 Å². The third-order valence-electron chi connectivity index (χ3n) is 5.82. The van der Waals surface area contributed by atoms with Gasteiger partial charge in [-0.3, -0.25) is 14.1 Å². The SMILES string of the molecule is Cc1csc2nc(CN3CCCC3CC3CCCCC3)cc(=O)n12. The molecule has 0 spiro atoms. The fraction of sp³-hybridized carbons (Fsp3) is 0.684. The van der Waals surface area contributed by atoms with Gasteiger partial charge in [-0.1, -0.05) is 32.1 Å². The van der Waals surface area contributed by atoms with E-state index in [-0.39, 0.29) is 5.56 Å². The highest BCUT2D eigenvalue weighted by Crippen LogP contribution is 2.32. The normalized spacial score (nSPS) is 23.3. The van der Waals surface area contributed by atoms with E-state index in [0.717, 1.165) is 35.4 Å². The van der Waals surface area contributed by atoms with Crippen LogP contribution in [0.25, 0.3) is 4.96 Å². The zero-order chi connectivity index (χ0) is 16.5. The molecule has 1 unspecified atom stereocenters. The minimum absolute atomic E-state index is 0.0665. The molecule has 0 radical (unpaired) electrons. The number of hydrogen-bond donors (Lipinski definition) is 0. The molecule has 2 aromatic heterocycles. The third kappa shape index (κ3) is 3.29. The minimum Gasteiger partial charge on any atom is -0.295 e. The Morgan fingerprint density at radius 3 is 2.88 bits per heavy atom. The van der Waals surface area contributed by atoms with Crippen molar-refractivity contribution in [3.05, 3.63) is 33.2 Å². The maximum atomic E-state index is 12.4. The summed E-state index contributed by atoms with van der Waals surface area (Å²) in [6.45, 7) is 3.95. The Hall–Kier alpha value is -1.20. The number of aromatic nitrogens is 2. The zero-order valence-electron chi connectivity index (χ0n) is 14.5. The van der Waals surface area contributed by atoms with Crippen LogP contribution in [-0.4, -0.2) is 26.9 Å². The van der Waals surface area contributed by atoms with Crippen LogP contribution in [-0.2, 0) is 6.54 Å². The molecule has 0 N–H and O–H groups in total. The van der Waals surface area contributed by atoms with Gasteiger partial charge in [-0.05, 0) is 38.6 Å². The van der Waals surface area contributed by atoms with Crippen molar-refractivity contribution in [3.8, 4) is 0 Å². The molecule has 0 aromatic carbocycles. The Morgan fingerprint density at radius 2 is 2.04 bits per heavy atom.